The van der Waals surface area contributed by atoms with Gasteiger partial charge < -0.3 is 10.0 Å². The van der Waals surface area contributed by atoms with E-state index in [0.29, 0.717) is 24.9 Å². The average molecular weight is 316 g/mol. The third kappa shape index (κ3) is 2.91. The van der Waals surface area contributed by atoms with E-state index < -0.39 is 11.9 Å². The number of amides is 1. The molecular weight excluding hydrogens is 296 g/mol. The highest BCUT2D eigenvalue weighted by Gasteiger charge is 2.29. The van der Waals surface area contributed by atoms with E-state index in [9.17, 15) is 9.59 Å². The molecule has 0 saturated carbocycles. The van der Waals surface area contributed by atoms with E-state index in [-0.39, 0.29) is 18.5 Å². The van der Waals surface area contributed by atoms with Crippen molar-refractivity contribution in [2.75, 3.05) is 13.1 Å². The van der Waals surface area contributed by atoms with Gasteiger partial charge in [0.05, 0.1) is 17.7 Å². The number of hydrogen-bond donors (Lipinski definition) is 1. The van der Waals surface area contributed by atoms with Gasteiger partial charge in [-0.3, -0.25) is 9.59 Å². The minimum atomic E-state index is -0.839. The van der Waals surface area contributed by atoms with Crippen molar-refractivity contribution >= 4 is 22.9 Å². The molecule has 1 aliphatic rings. The summed E-state index contributed by atoms with van der Waals surface area (Å²) < 4.78 is 1.81. The number of pyridine rings is 1. The van der Waals surface area contributed by atoms with Gasteiger partial charge in [-0.1, -0.05) is 0 Å². The molecule has 2 aromatic rings. The fourth-order valence-electron chi connectivity index (χ4n) is 2.98. The third-order valence-corrected chi connectivity index (χ3v) is 4.23. The van der Waals surface area contributed by atoms with Crippen LogP contribution in [0.1, 0.15) is 43.1 Å². The van der Waals surface area contributed by atoms with Gasteiger partial charge in [0, 0.05) is 30.7 Å². The van der Waals surface area contributed by atoms with Crippen LogP contribution in [-0.4, -0.2) is 49.7 Å². The lowest BCUT2D eigenvalue weighted by Gasteiger charge is -2.30. The number of piperidine rings is 1. The molecule has 1 amide bonds. The van der Waals surface area contributed by atoms with Gasteiger partial charge in [0.2, 0.25) is 0 Å². The maximum atomic E-state index is 12.6. The Morgan fingerprint density at radius 1 is 1.35 bits per heavy atom. The van der Waals surface area contributed by atoms with Crippen LogP contribution in [0.4, 0.5) is 0 Å². The van der Waals surface area contributed by atoms with Gasteiger partial charge in [-0.25, -0.2) is 9.67 Å². The molecule has 23 heavy (non-hydrogen) atoms. The Bertz CT molecular complexity index is 753. The summed E-state index contributed by atoms with van der Waals surface area (Å²) in [6, 6.07) is 1.97. The lowest BCUT2D eigenvalue weighted by molar-refractivity contribution is -0.143. The molecule has 1 unspecified atom stereocenters. The van der Waals surface area contributed by atoms with Crippen molar-refractivity contribution in [3.8, 4) is 0 Å². The van der Waals surface area contributed by atoms with Crippen molar-refractivity contribution in [3.63, 3.8) is 0 Å². The Kier molecular flexibility index (Phi) is 4.02. The molecule has 1 atom stereocenters. The van der Waals surface area contributed by atoms with Crippen molar-refractivity contribution in [2.45, 2.75) is 32.7 Å². The van der Waals surface area contributed by atoms with Crippen molar-refractivity contribution in [2.24, 2.45) is 5.92 Å². The largest absolute Gasteiger partial charge is 0.481 e. The van der Waals surface area contributed by atoms with Gasteiger partial charge in [0.25, 0.3) is 5.91 Å². The predicted molar refractivity (Wildman–Crippen MR) is 84.2 cm³/mol. The summed E-state index contributed by atoms with van der Waals surface area (Å²) in [5.41, 5.74) is 1.23. The third-order valence-electron chi connectivity index (χ3n) is 4.23. The van der Waals surface area contributed by atoms with Crippen molar-refractivity contribution in [1.29, 1.82) is 0 Å². The maximum absolute atomic E-state index is 12.6. The number of nitrogens with zero attached hydrogens (tertiary/aromatic N) is 4. The molecule has 1 fully saturated rings. The summed E-state index contributed by atoms with van der Waals surface area (Å²) >= 11 is 0. The maximum Gasteiger partial charge on any atom is 0.308 e. The van der Waals surface area contributed by atoms with Crippen molar-refractivity contribution in [3.05, 3.63) is 24.0 Å². The average Bonchev–Trinajstić information content (AvgIpc) is 2.97. The zero-order valence-corrected chi connectivity index (χ0v) is 13.3. The Hall–Kier alpha value is -2.44. The lowest BCUT2D eigenvalue weighted by Crippen LogP contribution is -2.42. The molecule has 0 aliphatic carbocycles. The Morgan fingerprint density at radius 2 is 2.13 bits per heavy atom. The first kappa shape index (κ1) is 15.5. The molecule has 0 radical (unpaired) electrons. The van der Waals surface area contributed by atoms with Gasteiger partial charge in [0.1, 0.15) is 0 Å². The molecule has 1 N–H and O–H groups in total. The molecule has 1 saturated heterocycles. The van der Waals surface area contributed by atoms with Crippen LogP contribution in [0.5, 0.6) is 0 Å². The summed E-state index contributed by atoms with van der Waals surface area (Å²) in [4.78, 5) is 29.7. The first-order valence-corrected chi connectivity index (χ1v) is 7.82. The molecule has 3 rings (SSSR count). The van der Waals surface area contributed by atoms with E-state index in [1.54, 1.807) is 23.4 Å². The fraction of sp³-hybridized carbons (Fsp3) is 0.500. The molecule has 0 bridgehead atoms. The van der Waals surface area contributed by atoms with Crippen LogP contribution in [0, 0.1) is 5.92 Å². The first-order chi connectivity index (χ1) is 11.0. The zero-order chi connectivity index (χ0) is 16.6. The first-order valence-electron chi connectivity index (χ1n) is 7.82. The van der Waals surface area contributed by atoms with Crippen LogP contribution in [-0.2, 0) is 4.79 Å². The van der Waals surface area contributed by atoms with Gasteiger partial charge in [0.15, 0.2) is 5.65 Å². The van der Waals surface area contributed by atoms with Gasteiger partial charge >= 0.3 is 5.97 Å². The molecule has 2 aromatic heterocycles. The van der Waals surface area contributed by atoms with Gasteiger partial charge in [-0.2, -0.15) is 5.10 Å². The van der Waals surface area contributed by atoms with Crippen LogP contribution in [0.3, 0.4) is 0 Å². The van der Waals surface area contributed by atoms with E-state index in [1.807, 2.05) is 18.5 Å². The number of carboxylic acid groups (broad SMARTS) is 1. The minimum absolute atomic E-state index is 0.164. The number of carboxylic acids is 1. The topological polar surface area (TPSA) is 88.3 Å². The molecular formula is C16H20N4O3. The summed E-state index contributed by atoms with van der Waals surface area (Å²) in [6.07, 6.45) is 4.59. The van der Waals surface area contributed by atoms with E-state index in [1.165, 1.54) is 0 Å². The smallest absolute Gasteiger partial charge is 0.308 e. The normalized spacial score (nSPS) is 18.6. The number of carbonyl (C=O) groups is 2. The molecule has 122 valence electrons. The molecule has 0 spiro atoms. The Morgan fingerprint density at radius 3 is 2.83 bits per heavy atom. The molecule has 3 heterocycles. The SMILES string of the molecule is CC(C)n1ncc2cc(C(=O)N3CCCC(C(=O)O)C3)cnc21. The van der Waals surface area contributed by atoms with Crippen molar-refractivity contribution < 1.29 is 14.7 Å². The van der Waals surface area contributed by atoms with E-state index >= 15 is 0 Å². The Balaban J connectivity index is 1.85. The summed E-state index contributed by atoms with van der Waals surface area (Å²) in [5, 5.41) is 14.3. The van der Waals surface area contributed by atoms with Gasteiger partial charge in [-0.15, -0.1) is 0 Å². The summed E-state index contributed by atoms with van der Waals surface area (Å²) in [5.74, 6) is -1.48. The summed E-state index contributed by atoms with van der Waals surface area (Å²) in [7, 11) is 0. The van der Waals surface area contributed by atoms with Crippen LogP contribution in [0.15, 0.2) is 18.5 Å². The fourth-order valence-corrected chi connectivity index (χ4v) is 2.98. The van der Waals surface area contributed by atoms with Gasteiger partial charge in [-0.05, 0) is 32.8 Å². The zero-order valence-electron chi connectivity index (χ0n) is 13.3. The number of fused-ring (bicyclic) bond motifs is 1. The number of carbonyl (C=O) groups excluding carboxylic acids is 1. The second kappa shape index (κ2) is 5.98. The quantitative estimate of drug-likeness (QED) is 0.935. The number of rotatable bonds is 3. The molecule has 0 aromatic carbocycles. The minimum Gasteiger partial charge on any atom is -0.481 e. The van der Waals surface area contributed by atoms with Crippen molar-refractivity contribution in [1.82, 2.24) is 19.7 Å². The molecule has 7 nitrogen and oxygen atoms in total. The monoisotopic (exact) mass is 316 g/mol. The van der Waals surface area contributed by atoms with E-state index in [0.717, 1.165) is 11.0 Å². The predicted octanol–water partition coefficient (Wildman–Crippen LogP) is 1.95. The number of aromatic nitrogens is 3. The summed E-state index contributed by atoms with van der Waals surface area (Å²) in [6.45, 7) is 4.89. The highest BCUT2D eigenvalue weighted by atomic mass is 16.4. The standard InChI is InChI=1S/C16H20N4O3/c1-10(2)20-14-12(8-18-20)6-13(7-17-14)15(21)19-5-3-4-11(9-19)16(22)23/h6-8,10-11H,3-5,9H2,1-2H3,(H,22,23). The number of likely N-dealkylation sites (tertiary alicyclic amines) is 1. The second-order valence-corrected chi connectivity index (χ2v) is 6.25. The van der Waals surface area contributed by atoms with Crippen LogP contribution >= 0.6 is 0 Å². The molecule has 7 heteroatoms. The highest BCUT2D eigenvalue weighted by molar-refractivity contribution is 5.97. The Labute approximate surface area is 133 Å². The van der Waals surface area contributed by atoms with E-state index in [2.05, 4.69) is 10.1 Å². The van der Waals surface area contributed by atoms with E-state index in [4.69, 9.17) is 5.11 Å². The van der Waals surface area contributed by atoms with Crippen LogP contribution in [0.2, 0.25) is 0 Å². The van der Waals surface area contributed by atoms with Crippen LogP contribution < -0.4 is 0 Å². The lowest BCUT2D eigenvalue weighted by atomic mass is 9.98. The highest BCUT2D eigenvalue weighted by Crippen LogP contribution is 2.21. The second-order valence-electron chi connectivity index (χ2n) is 6.25. The number of hydrogen-bond acceptors (Lipinski definition) is 4. The molecule has 1 aliphatic heterocycles. The number of aliphatic carboxylic acids is 1. The van der Waals surface area contributed by atoms with Crippen LogP contribution in [0.25, 0.3) is 11.0 Å².